The standard InChI is InChI=1S/C14H17N3O2/c1-17-12-7-8(6-10(15)14(18)19)2-5-11(12)16-13(17)9-3-4-9/h2,5,7,9-10H,3-4,6,15H2,1H3,(H,18,19). The van der Waals surface area contributed by atoms with Crippen LogP contribution in [-0.4, -0.2) is 26.7 Å². The van der Waals surface area contributed by atoms with Gasteiger partial charge in [-0.15, -0.1) is 0 Å². The molecule has 100 valence electrons. The van der Waals surface area contributed by atoms with Crippen molar-refractivity contribution in [1.82, 2.24) is 9.55 Å². The van der Waals surface area contributed by atoms with Gasteiger partial charge in [0.1, 0.15) is 11.9 Å². The number of nitrogens with zero attached hydrogens (tertiary/aromatic N) is 2. The van der Waals surface area contributed by atoms with Crippen LogP contribution in [0.15, 0.2) is 18.2 Å². The maximum atomic E-state index is 10.8. The van der Waals surface area contributed by atoms with Crippen LogP contribution in [0.4, 0.5) is 0 Å². The Labute approximate surface area is 111 Å². The number of rotatable bonds is 4. The molecule has 1 heterocycles. The van der Waals surface area contributed by atoms with Crippen molar-refractivity contribution in [3.8, 4) is 0 Å². The molecule has 0 bridgehead atoms. The first-order valence-corrected chi connectivity index (χ1v) is 6.50. The van der Waals surface area contributed by atoms with Gasteiger partial charge >= 0.3 is 5.97 Å². The molecule has 0 amide bonds. The van der Waals surface area contributed by atoms with Crippen LogP contribution in [0, 0.1) is 0 Å². The van der Waals surface area contributed by atoms with Crippen LogP contribution in [-0.2, 0) is 18.3 Å². The number of carboxylic acid groups (broad SMARTS) is 1. The van der Waals surface area contributed by atoms with Crippen molar-refractivity contribution < 1.29 is 9.90 Å². The van der Waals surface area contributed by atoms with Crippen molar-refractivity contribution in [2.24, 2.45) is 12.8 Å². The lowest BCUT2D eigenvalue weighted by Crippen LogP contribution is -2.32. The second-order valence-corrected chi connectivity index (χ2v) is 5.28. The largest absolute Gasteiger partial charge is 0.480 e. The van der Waals surface area contributed by atoms with Crippen LogP contribution in [0.3, 0.4) is 0 Å². The van der Waals surface area contributed by atoms with Crippen molar-refractivity contribution in [2.75, 3.05) is 0 Å². The van der Waals surface area contributed by atoms with Gasteiger partial charge in [-0.2, -0.15) is 0 Å². The summed E-state index contributed by atoms with van der Waals surface area (Å²) in [6.07, 6.45) is 2.77. The lowest BCUT2D eigenvalue weighted by Gasteiger charge is -2.07. The molecular weight excluding hydrogens is 242 g/mol. The van der Waals surface area contributed by atoms with Crippen molar-refractivity contribution in [3.63, 3.8) is 0 Å². The van der Waals surface area contributed by atoms with Crippen LogP contribution >= 0.6 is 0 Å². The lowest BCUT2D eigenvalue weighted by molar-refractivity contribution is -0.138. The van der Waals surface area contributed by atoms with Crippen LogP contribution in [0.2, 0.25) is 0 Å². The highest BCUT2D eigenvalue weighted by Crippen LogP contribution is 2.40. The molecule has 1 saturated carbocycles. The second-order valence-electron chi connectivity index (χ2n) is 5.28. The molecule has 0 aliphatic heterocycles. The molecule has 0 radical (unpaired) electrons. The SMILES string of the molecule is Cn1c(C2CC2)nc2ccc(CC(N)C(=O)O)cc21. The highest BCUT2D eigenvalue weighted by Gasteiger charge is 2.28. The predicted octanol–water partition coefficient (Wildman–Crippen LogP) is 1.41. The summed E-state index contributed by atoms with van der Waals surface area (Å²) in [5.41, 5.74) is 8.53. The van der Waals surface area contributed by atoms with E-state index >= 15 is 0 Å². The number of nitrogens with two attached hydrogens (primary N) is 1. The zero-order valence-corrected chi connectivity index (χ0v) is 10.8. The van der Waals surface area contributed by atoms with Gasteiger partial charge in [-0.1, -0.05) is 6.07 Å². The second kappa shape index (κ2) is 4.35. The van der Waals surface area contributed by atoms with E-state index in [0.717, 1.165) is 22.4 Å². The van der Waals surface area contributed by atoms with Gasteiger partial charge in [0.2, 0.25) is 0 Å². The quantitative estimate of drug-likeness (QED) is 0.869. The molecule has 0 spiro atoms. The molecular formula is C14H17N3O2. The molecule has 1 unspecified atom stereocenters. The number of hydrogen-bond donors (Lipinski definition) is 2. The van der Waals surface area contributed by atoms with Crippen LogP contribution in [0.5, 0.6) is 0 Å². The minimum atomic E-state index is -0.969. The minimum Gasteiger partial charge on any atom is -0.480 e. The summed E-state index contributed by atoms with van der Waals surface area (Å²) in [6.45, 7) is 0. The number of aryl methyl sites for hydroxylation is 1. The van der Waals surface area contributed by atoms with E-state index < -0.39 is 12.0 Å². The van der Waals surface area contributed by atoms with E-state index in [-0.39, 0.29) is 0 Å². The van der Waals surface area contributed by atoms with E-state index in [9.17, 15) is 4.79 Å². The Hall–Kier alpha value is -1.88. The minimum absolute atomic E-state index is 0.342. The molecule has 3 rings (SSSR count). The highest BCUT2D eigenvalue weighted by molar-refractivity contribution is 5.78. The van der Waals surface area contributed by atoms with Crippen molar-refractivity contribution in [1.29, 1.82) is 0 Å². The van der Waals surface area contributed by atoms with Gasteiger partial charge in [0.25, 0.3) is 0 Å². The topological polar surface area (TPSA) is 81.1 Å². The number of benzene rings is 1. The van der Waals surface area contributed by atoms with E-state index in [1.165, 1.54) is 12.8 Å². The summed E-state index contributed by atoms with van der Waals surface area (Å²) < 4.78 is 2.11. The molecule has 3 N–H and O–H groups in total. The van der Waals surface area contributed by atoms with Crippen LogP contribution in [0.25, 0.3) is 11.0 Å². The maximum absolute atomic E-state index is 10.8. The Morgan fingerprint density at radius 2 is 2.32 bits per heavy atom. The van der Waals surface area contributed by atoms with Gasteiger partial charge in [0.05, 0.1) is 11.0 Å². The van der Waals surface area contributed by atoms with Crippen molar-refractivity contribution in [3.05, 3.63) is 29.6 Å². The van der Waals surface area contributed by atoms with Gasteiger partial charge in [-0.05, 0) is 37.0 Å². The molecule has 1 aliphatic rings. The molecule has 1 fully saturated rings. The average Bonchev–Trinajstić information content (AvgIpc) is 3.16. The van der Waals surface area contributed by atoms with Crippen LogP contribution < -0.4 is 5.73 Å². The Balaban J connectivity index is 1.95. The highest BCUT2D eigenvalue weighted by atomic mass is 16.4. The van der Waals surface area contributed by atoms with E-state index in [0.29, 0.717) is 12.3 Å². The van der Waals surface area contributed by atoms with Gasteiger partial charge in [0, 0.05) is 13.0 Å². The zero-order chi connectivity index (χ0) is 13.6. The number of aromatic nitrogens is 2. The third-order valence-electron chi connectivity index (χ3n) is 3.70. The summed E-state index contributed by atoms with van der Waals surface area (Å²) in [5.74, 6) is 0.764. The maximum Gasteiger partial charge on any atom is 0.320 e. The van der Waals surface area contributed by atoms with Gasteiger partial charge in [-0.25, -0.2) is 4.98 Å². The number of carboxylic acids is 1. The fraction of sp³-hybridized carbons (Fsp3) is 0.429. The smallest absolute Gasteiger partial charge is 0.320 e. The Kier molecular flexibility index (Phi) is 2.78. The van der Waals surface area contributed by atoms with E-state index in [1.807, 2.05) is 25.2 Å². The molecule has 2 aromatic rings. The van der Waals surface area contributed by atoms with Crippen molar-refractivity contribution in [2.45, 2.75) is 31.2 Å². The number of imidazole rings is 1. The number of fused-ring (bicyclic) bond motifs is 1. The molecule has 0 saturated heterocycles. The first-order chi connectivity index (χ1) is 9.06. The van der Waals surface area contributed by atoms with E-state index in [1.54, 1.807) is 0 Å². The first-order valence-electron chi connectivity index (χ1n) is 6.50. The Morgan fingerprint density at radius 3 is 2.95 bits per heavy atom. The van der Waals surface area contributed by atoms with Gasteiger partial charge < -0.3 is 15.4 Å². The van der Waals surface area contributed by atoms with Crippen molar-refractivity contribution >= 4 is 17.0 Å². The lowest BCUT2D eigenvalue weighted by atomic mass is 10.1. The third kappa shape index (κ3) is 2.21. The molecule has 1 aromatic carbocycles. The zero-order valence-electron chi connectivity index (χ0n) is 10.8. The summed E-state index contributed by atoms with van der Waals surface area (Å²) in [4.78, 5) is 15.4. The Bertz CT molecular complexity index is 643. The number of hydrogen-bond acceptors (Lipinski definition) is 3. The summed E-state index contributed by atoms with van der Waals surface area (Å²) in [7, 11) is 2.02. The third-order valence-corrected chi connectivity index (χ3v) is 3.70. The van der Waals surface area contributed by atoms with Crippen LogP contribution in [0.1, 0.15) is 30.1 Å². The normalized spacial score (nSPS) is 16.7. The molecule has 5 heteroatoms. The number of carbonyl (C=O) groups is 1. The van der Waals surface area contributed by atoms with Gasteiger partial charge in [0.15, 0.2) is 0 Å². The molecule has 1 atom stereocenters. The summed E-state index contributed by atoms with van der Waals surface area (Å²) in [5, 5.41) is 8.85. The molecule has 19 heavy (non-hydrogen) atoms. The Morgan fingerprint density at radius 1 is 1.58 bits per heavy atom. The van der Waals surface area contributed by atoms with E-state index in [4.69, 9.17) is 10.8 Å². The molecule has 1 aromatic heterocycles. The molecule has 1 aliphatic carbocycles. The fourth-order valence-electron chi connectivity index (χ4n) is 2.43. The monoisotopic (exact) mass is 259 g/mol. The fourth-order valence-corrected chi connectivity index (χ4v) is 2.43. The molecule has 5 nitrogen and oxygen atoms in total. The average molecular weight is 259 g/mol. The summed E-state index contributed by atoms with van der Waals surface area (Å²) >= 11 is 0. The predicted molar refractivity (Wildman–Crippen MR) is 72.0 cm³/mol. The first kappa shape index (κ1) is 12.2. The number of aliphatic carboxylic acids is 1. The van der Waals surface area contributed by atoms with Gasteiger partial charge in [-0.3, -0.25) is 4.79 Å². The summed E-state index contributed by atoms with van der Waals surface area (Å²) in [6, 6.07) is 5.00. The van der Waals surface area contributed by atoms with E-state index in [2.05, 4.69) is 9.55 Å².